The zero-order valence-electron chi connectivity index (χ0n) is 16.1. The maximum Gasteiger partial charge on any atom is 0.123 e. The summed E-state index contributed by atoms with van der Waals surface area (Å²) in [6.45, 7) is 2.11. The maximum atomic E-state index is 13.5. The lowest BCUT2D eigenvalue weighted by molar-refractivity contribution is -0.0830. The fourth-order valence-corrected chi connectivity index (χ4v) is 4.66. The number of piperidine rings is 1. The third-order valence-electron chi connectivity index (χ3n) is 6.06. The van der Waals surface area contributed by atoms with E-state index in [4.69, 9.17) is 0 Å². The number of rotatable bonds is 4. The van der Waals surface area contributed by atoms with Crippen molar-refractivity contribution in [1.82, 2.24) is 5.32 Å². The van der Waals surface area contributed by atoms with E-state index in [0.29, 0.717) is 6.42 Å². The average Bonchev–Trinajstić information content (AvgIpc) is 2.75. The fourth-order valence-electron chi connectivity index (χ4n) is 4.66. The molecular formula is C25H26FNO. The molecule has 0 saturated carbocycles. The minimum Gasteiger partial charge on any atom is -0.385 e. The Hall–Kier alpha value is -2.49. The summed E-state index contributed by atoms with van der Waals surface area (Å²) in [6, 6.07) is 26.9. The predicted octanol–water partition coefficient (Wildman–Crippen LogP) is 5.52. The van der Waals surface area contributed by atoms with Gasteiger partial charge in [0.05, 0.1) is 5.60 Å². The Kier molecular flexibility index (Phi) is 5.29. The molecule has 3 aromatic rings. The molecule has 3 heteroatoms. The van der Waals surface area contributed by atoms with Gasteiger partial charge in [-0.3, -0.25) is 0 Å². The van der Waals surface area contributed by atoms with Crippen LogP contribution in [0, 0.1) is 11.7 Å². The van der Waals surface area contributed by atoms with Gasteiger partial charge >= 0.3 is 0 Å². The van der Waals surface area contributed by atoms with Crippen molar-refractivity contribution in [3.8, 4) is 0 Å². The highest BCUT2D eigenvalue weighted by atomic mass is 19.1. The van der Waals surface area contributed by atoms with Gasteiger partial charge in [-0.2, -0.15) is 0 Å². The highest BCUT2D eigenvalue weighted by Gasteiger charge is 2.48. The summed E-state index contributed by atoms with van der Waals surface area (Å²) in [7, 11) is 0. The van der Waals surface area contributed by atoms with Gasteiger partial charge in [0, 0.05) is 24.4 Å². The van der Waals surface area contributed by atoms with Crippen LogP contribution in [0.3, 0.4) is 0 Å². The van der Waals surface area contributed by atoms with Crippen molar-refractivity contribution < 1.29 is 9.50 Å². The first-order valence-electron chi connectivity index (χ1n) is 9.96. The van der Waals surface area contributed by atoms with Crippen LogP contribution in [0.4, 0.5) is 4.39 Å². The number of hydrogen-bond donors (Lipinski definition) is 2. The molecule has 1 heterocycles. The van der Waals surface area contributed by atoms with E-state index in [9.17, 15) is 9.50 Å². The maximum absolute atomic E-state index is 13.5. The molecule has 0 aliphatic carbocycles. The second-order valence-corrected chi connectivity index (χ2v) is 7.67. The Morgan fingerprint density at radius 3 is 2.04 bits per heavy atom. The normalized spacial score (nSPS) is 27.5. The first-order chi connectivity index (χ1) is 13.6. The molecule has 0 bridgehead atoms. The van der Waals surface area contributed by atoms with Crippen LogP contribution in [-0.4, -0.2) is 5.11 Å². The molecule has 0 aromatic heterocycles. The summed E-state index contributed by atoms with van der Waals surface area (Å²) in [5, 5.41) is 15.8. The van der Waals surface area contributed by atoms with Gasteiger partial charge in [-0.15, -0.1) is 0 Å². The Morgan fingerprint density at radius 1 is 0.893 bits per heavy atom. The second-order valence-electron chi connectivity index (χ2n) is 7.67. The van der Waals surface area contributed by atoms with Crippen molar-refractivity contribution in [2.24, 2.45) is 5.92 Å². The van der Waals surface area contributed by atoms with Crippen molar-refractivity contribution in [2.45, 2.75) is 37.5 Å². The monoisotopic (exact) mass is 375 g/mol. The Labute approximate surface area is 166 Å². The van der Waals surface area contributed by atoms with Crippen LogP contribution in [0.2, 0.25) is 0 Å². The number of benzene rings is 3. The van der Waals surface area contributed by atoms with Gasteiger partial charge in [-0.1, -0.05) is 79.7 Å². The van der Waals surface area contributed by atoms with Crippen LogP contribution < -0.4 is 5.32 Å². The molecule has 2 nitrogen and oxygen atoms in total. The van der Waals surface area contributed by atoms with E-state index < -0.39 is 5.60 Å². The van der Waals surface area contributed by atoms with E-state index >= 15 is 0 Å². The molecule has 1 fully saturated rings. The molecule has 144 valence electrons. The first-order valence-corrected chi connectivity index (χ1v) is 9.96. The van der Waals surface area contributed by atoms with E-state index in [1.807, 2.05) is 36.4 Å². The molecule has 0 radical (unpaired) electrons. The second kappa shape index (κ2) is 7.86. The number of nitrogens with one attached hydrogen (secondary N) is 1. The van der Waals surface area contributed by atoms with Gasteiger partial charge < -0.3 is 10.4 Å². The summed E-state index contributed by atoms with van der Waals surface area (Å²) in [5.74, 6) is -0.311. The van der Waals surface area contributed by atoms with Crippen LogP contribution in [0.1, 0.15) is 48.5 Å². The summed E-state index contributed by atoms with van der Waals surface area (Å²) < 4.78 is 13.5. The summed E-state index contributed by atoms with van der Waals surface area (Å²) in [5.41, 5.74) is 2.05. The van der Waals surface area contributed by atoms with Crippen molar-refractivity contribution in [1.29, 1.82) is 0 Å². The summed E-state index contributed by atoms with van der Waals surface area (Å²) in [6.07, 6.45) is 1.35. The standard InChI is InChI=1S/C25H26FNO/c1-2-22-24(19-11-7-4-8-12-19)27-23(18-9-5-3-6-10-18)17-25(22,28)20-13-15-21(26)16-14-20/h3-16,22-24,27-28H,2,17H2,1H3/t22-,23-,24-,25+/m0/s1. The highest BCUT2D eigenvalue weighted by Crippen LogP contribution is 2.49. The Balaban J connectivity index is 1.81. The Morgan fingerprint density at radius 2 is 1.46 bits per heavy atom. The van der Waals surface area contributed by atoms with Crippen LogP contribution in [-0.2, 0) is 5.60 Å². The molecule has 0 amide bonds. The van der Waals surface area contributed by atoms with Gasteiger partial charge in [0.1, 0.15) is 5.82 Å². The van der Waals surface area contributed by atoms with Crippen molar-refractivity contribution >= 4 is 0 Å². The van der Waals surface area contributed by atoms with Gasteiger partial charge in [0.2, 0.25) is 0 Å². The first kappa shape index (κ1) is 18.9. The molecule has 0 unspecified atom stereocenters. The zero-order chi connectivity index (χ0) is 19.6. The third kappa shape index (κ3) is 3.48. The highest BCUT2D eigenvalue weighted by molar-refractivity contribution is 5.32. The molecule has 1 saturated heterocycles. The SMILES string of the molecule is CC[C@H]1[C@H](c2ccccc2)N[C@H](c2ccccc2)C[C@@]1(O)c1ccc(F)cc1. The van der Waals surface area contributed by atoms with Crippen LogP contribution in [0.25, 0.3) is 0 Å². The molecule has 3 aromatic carbocycles. The topological polar surface area (TPSA) is 32.3 Å². The minimum absolute atomic E-state index is 0.000194. The van der Waals surface area contributed by atoms with Crippen molar-refractivity contribution in [3.63, 3.8) is 0 Å². The van der Waals surface area contributed by atoms with E-state index in [0.717, 1.165) is 23.1 Å². The largest absolute Gasteiger partial charge is 0.385 e. The average molecular weight is 375 g/mol. The van der Waals surface area contributed by atoms with Gasteiger partial charge in [0.25, 0.3) is 0 Å². The molecule has 4 atom stereocenters. The summed E-state index contributed by atoms with van der Waals surface area (Å²) in [4.78, 5) is 0. The van der Waals surface area contributed by atoms with Crippen molar-refractivity contribution in [3.05, 3.63) is 107 Å². The molecular weight excluding hydrogens is 349 g/mol. The number of hydrogen-bond acceptors (Lipinski definition) is 2. The minimum atomic E-state index is -1.05. The van der Waals surface area contributed by atoms with E-state index in [2.05, 4.69) is 36.5 Å². The molecule has 2 N–H and O–H groups in total. The quantitative estimate of drug-likeness (QED) is 0.630. The van der Waals surface area contributed by atoms with Crippen molar-refractivity contribution in [2.75, 3.05) is 0 Å². The number of aliphatic hydroxyl groups is 1. The fraction of sp³-hybridized carbons (Fsp3) is 0.280. The molecule has 1 aliphatic heterocycles. The van der Waals surface area contributed by atoms with Crippen LogP contribution >= 0.6 is 0 Å². The lowest BCUT2D eigenvalue weighted by atomic mass is 9.67. The van der Waals surface area contributed by atoms with Crippen LogP contribution in [0.15, 0.2) is 84.9 Å². The smallest absolute Gasteiger partial charge is 0.123 e. The van der Waals surface area contributed by atoms with Gasteiger partial charge in [-0.25, -0.2) is 4.39 Å². The third-order valence-corrected chi connectivity index (χ3v) is 6.06. The van der Waals surface area contributed by atoms with Crippen LogP contribution in [0.5, 0.6) is 0 Å². The van der Waals surface area contributed by atoms with E-state index in [-0.39, 0.29) is 23.8 Å². The summed E-state index contributed by atoms with van der Waals surface area (Å²) >= 11 is 0. The van der Waals surface area contributed by atoms with E-state index in [1.165, 1.54) is 12.1 Å². The molecule has 1 aliphatic rings. The van der Waals surface area contributed by atoms with Gasteiger partial charge in [-0.05, 0) is 35.2 Å². The van der Waals surface area contributed by atoms with Gasteiger partial charge in [0.15, 0.2) is 0 Å². The lowest BCUT2D eigenvalue weighted by Gasteiger charge is -2.49. The predicted molar refractivity (Wildman–Crippen MR) is 110 cm³/mol. The Bertz CT molecular complexity index is 897. The molecule has 4 rings (SSSR count). The van der Waals surface area contributed by atoms with E-state index in [1.54, 1.807) is 12.1 Å². The molecule has 0 spiro atoms. The molecule has 28 heavy (non-hydrogen) atoms. The number of halogens is 1. The lowest BCUT2D eigenvalue weighted by Crippen LogP contribution is -2.51. The zero-order valence-corrected chi connectivity index (χ0v) is 16.1.